The van der Waals surface area contributed by atoms with Crippen LogP contribution in [-0.4, -0.2) is 44.3 Å². The number of nitrogens with one attached hydrogen (secondary N) is 1. The van der Waals surface area contributed by atoms with Crippen LogP contribution < -0.4 is 5.32 Å². The second-order valence-corrected chi connectivity index (χ2v) is 6.39. The van der Waals surface area contributed by atoms with Gasteiger partial charge in [0.2, 0.25) is 0 Å². The molecule has 1 aliphatic rings. The van der Waals surface area contributed by atoms with Crippen molar-refractivity contribution >= 4 is 0 Å². The van der Waals surface area contributed by atoms with E-state index in [4.69, 9.17) is 4.74 Å². The van der Waals surface area contributed by atoms with E-state index in [9.17, 15) is 0 Å². The van der Waals surface area contributed by atoms with Gasteiger partial charge in [-0.25, -0.2) is 0 Å². The average molecular weight is 290 g/mol. The van der Waals surface area contributed by atoms with E-state index < -0.39 is 0 Å². The third-order valence-corrected chi connectivity index (χ3v) is 4.46. The maximum atomic E-state index is 5.51. The number of hydrogen-bond acceptors (Lipinski definition) is 3. The van der Waals surface area contributed by atoms with E-state index in [-0.39, 0.29) is 0 Å². The fourth-order valence-electron chi connectivity index (χ4n) is 2.95. The molecule has 1 saturated heterocycles. The molecule has 0 amide bonds. The topological polar surface area (TPSA) is 24.5 Å². The zero-order valence-electron chi connectivity index (χ0n) is 13.9. The van der Waals surface area contributed by atoms with Crippen molar-refractivity contribution < 1.29 is 4.74 Å². The van der Waals surface area contributed by atoms with Crippen molar-refractivity contribution in [2.75, 3.05) is 33.4 Å². The van der Waals surface area contributed by atoms with Gasteiger partial charge in [0, 0.05) is 25.2 Å². The highest BCUT2D eigenvalue weighted by Gasteiger charge is 2.23. The molecule has 2 rings (SSSR count). The van der Waals surface area contributed by atoms with Crippen LogP contribution in [0.4, 0.5) is 0 Å². The first kappa shape index (κ1) is 16.5. The summed E-state index contributed by atoms with van der Waals surface area (Å²) in [5.74, 6) is 0.593. The first-order valence-electron chi connectivity index (χ1n) is 8.23. The number of rotatable bonds is 7. The molecule has 1 N–H and O–H groups in total. The van der Waals surface area contributed by atoms with Crippen LogP contribution in [0.15, 0.2) is 24.3 Å². The molecule has 21 heavy (non-hydrogen) atoms. The van der Waals surface area contributed by atoms with Gasteiger partial charge in [0.1, 0.15) is 0 Å². The van der Waals surface area contributed by atoms with Gasteiger partial charge in [0.25, 0.3) is 0 Å². The summed E-state index contributed by atoms with van der Waals surface area (Å²) in [5, 5.41) is 3.62. The molecule has 2 atom stereocenters. The van der Waals surface area contributed by atoms with Crippen LogP contribution in [-0.2, 0) is 4.74 Å². The Balaban J connectivity index is 2.03. The van der Waals surface area contributed by atoms with Gasteiger partial charge in [0.15, 0.2) is 0 Å². The summed E-state index contributed by atoms with van der Waals surface area (Å²) in [4.78, 5) is 2.44. The van der Waals surface area contributed by atoms with Crippen molar-refractivity contribution in [2.24, 2.45) is 0 Å². The molecule has 3 nitrogen and oxygen atoms in total. The zero-order valence-corrected chi connectivity index (χ0v) is 13.9. The number of likely N-dealkylation sites (N-methyl/N-ethyl adjacent to an activating group) is 2. The third-order valence-electron chi connectivity index (χ3n) is 4.46. The Kier molecular flexibility index (Phi) is 6.22. The minimum atomic E-state index is 0.391. The Morgan fingerprint density at radius 2 is 1.90 bits per heavy atom. The summed E-state index contributed by atoms with van der Waals surface area (Å²) in [6.07, 6.45) is 1.15. The molecule has 0 aliphatic carbocycles. The summed E-state index contributed by atoms with van der Waals surface area (Å²) in [7, 11) is 2.21. The number of benzene rings is 1. The van der Waals surface area contributed by atoms with Crippen LogP contribution in [0.25, 0.3) is 0 Å². The molecule has 3 heteroatoms. The second-order valence-electron chi connectivity index (χ2n) is 6.39. The Morgan fingerprint density at radius 3 is 2.43 bits per heavy atom. The molecule has 1 aromatic carbocycles. The minimum absolute atomic E-state index is 0.391. The fraction of sp³-hybridized carbons (Fsp3) is 0.667. The maximum absolute atomic E-state index is 5.51. The van der Waals surface area contributed by atoms with Crippen LogP contribution in [0.1, 0.15) is 50.3 Å². The predicted octanol–water partition coefficient (Wildman–Crippen LogP) is 3.18. The molecule has 1 aromatic rings. The van der Waals surface area contributed by atoms with E-state index in [0.29, 0.717) is 18.0 Å². The highest BCUT2D eigenvalue weighted by molar-refractivity contribution is 5.27. The number of ether oxygens (including phenoxy) is 1. The Hall–Kier alpha value is -0.900. The van der Waals surface area contributed by atoms with Gasteiger partial charge in [-0.2, -0.15) is 0 Å². The molecular formula is C18H30N2O. The maximum Gasteiger partial charge on any atom is 0.0622 e. The highest BCUT2D eigenvalue weighted by Crippen LogP contribution is 2.21. The molecule has 118 valence electrons. The third kappa shape index (κ3) is 4.53. The van der Waals surface area contributed by atoms with Gasteiger partial charge in [-0.3, -0.25) is 4.90 Å². The van der Waals surface area contributed by atoms with E-state index in [1.165, 1.54) is 11.1 Å². The van der Waals surface area contributed by atoms with Crippen LogP contribution in [0.2, 0.25) is 0 Å². The molecule has 1 heterocycles. The van der Waals surface area contributed by atoms with Gasteiger partial charge in [-0.05, 0) is 37.1 Å². The number of nitrogens with zero attached hydrogens (tertiary/aromatic N) is 1. The summed E-state index contributed by atoms with van der Waals surface area (Å²) in [6.45, 7) is 10.5. The lowest BCUT2D eigenvalue weighted by molar-refractivity contribution is 0.153. The number of hydrogen-bond donors (Lipinski definition) is 1. The van der Waals surface area contributed by atoms with Gasteiger partial charge in [-0.15, -0.1) is 0 Å². The van der Waals surface area contributed by atoms with Crippen molar-refractivity contribution in [3.8, 4) is 0 Å². The van der Waals surface area contributed by atoms with Crippen LogP contribution >= 0.6 is 0 Å². The average Bonchev–Trinajstić information content (AvgIpc) is 3.01. The van der Waals surface area contributed by atoms with Crippen molar-refractivity contribution in [3.63, 3.8) is 0 Å². The second kappa shape index (κ2) is 7.92. The quantitative estimate of drug-likeness (QED) is 0.834. The summed E-state index contributed by atoms with van der Waals surface area (Å²) < 4.78 is 5.51. The predicted molar refractivity (Wildman–Crippen MR) is 88.8 cm³/mol. The first-order chi connectivity index (χ1) is 10.1. The lowest BCUT2D eigenvalue weighted by atomic mass is 9.98. The summed E-state index contributed by atoms with van der Waals surface area (Å²) in [6, 6.07) is 10.1. The molecule has 0 aromatic heterocycles. The van der Waals surface area contributed by atoms with Crippen LogP contribution in [0.5, 0.6) is 0 Å². The van der Waals surface area contributed by atoms with Crippen molar-refractivity contribution in [1.82, 2.24) is 10.2 Å². The Morgan fingerprint density at radius 1 is 1.24 bits per heavy atom. The Labute approximate surface area is 129 Å². The van der Waals surface area contributed by atoms with Crippen molar-refractivity contribution in [1.29, 1.82) is 0 Å². The summed E-state index contributed by atoms with van der Waals surface area (Å²) >= 11 is 0. The smallest absolute Gasteiger partial charge is 0.0622 e. The molecule has 0 saturated carbocycles. The van der Waals surface area contributed by atoms with E-state index in [1.807, 2.05) is 0 Å². The van der Waals surface area contributed by atoms with Crippen molar-refractivity contribution in [2.45, 2.75) is 45.2 Å². The first-order valence-corrected chi connectivity index (χ1v) is 8.23. The van der Waals surface area contributed by atoms with Gasteiger partial charge in [-0.1, -0.05) is 45.0 Å². The largest absolute Gasteiger partial charge is 0.380 e. The van der Waals surface area contributed by atoms with E-state index in [2.05, 4.69) is 62.3 Å². The Bertz CT molecular complexity index is 410. The monoisotopic (exact) mass is 290 g/mol. The van der Waals surface area contributed by atoms with Gasteiger partial charge in [0.05, 0.1) is 6.61 Å². The normalized spacial score (nSPS) is 20.4. The highest BCUT2D eigenvalue weighted by atomic mass is 16.5. The van der Waals surface area contributed by atoms with Gasteiger partial charge < -0.3 is 10.1 Å². The van der Waals surface area contributed by atoms with Crippen molar-refractivity contribution in [3.05, 3.63) is 35.4 Å². The standard InChI is InChI=1S/C18H30N2O/c1-5-19-18(12-20(4)17-10-11-21-13-17)16-8-6-15(7-9-16)14(2)3/h6-9,14,17-19H,5,10-13H2,1-4H3. The zero-order chi connectivity index (χ0) is 15.2. The SMILES string of the molecule is CCNC(CN(C)C1CCOC1)c1ccc(C(C)C)cc1. The summed E-state index contributed by atoms with van der Waals surface area (Å²) in [5.41, 5.74) is 2.79. The lowest BCUT2D eigenvalue weighted by Crippen LogP contribution is -2.39. The molecule has 0 bridgehead atoms. The molecule has 0 radical (unpaired) electrons. The van der Waals surface area contributed by atoms with E-state index >= 15 is 0 Å². The molecule has 1 fully saturated rings. The fourth-order valence-corrected chi connectivity index (χ4v) is 2.95. The molecule has 0 spiro atoms. The molecule has 2 unspecified atom stereocenters. The lowest BCUT2D eigenvalue weighted by Gasteiger charge is -2.29. The van der Waals surface area contributed by atoms with Gasteiger partial charge >= 0.3 is 0 Å². The minimum Gasteiger partial charge on any atom is -0.380 e. The molecular weight excluding hydrogens is 260 g/mol. The molecule has 1 aliphatic heterocycles. The van der Waals surface area contributed by atoms with E-state index in [1.54, 1.807) is 0 Å². The van der Waals surface area contributed by atoms with Crippen LogP contribution in [0.3, 0.4) is 0 Å². The van der Waals surface area contributed by atoms with E-state index in [0.717, 1.165) is 32.7 Å². The van der Waals surface area contributed by atoms with Crippen LogP contribution in [0, 0.1) is 0 Å².